The van der Waals surface area contributed by atoms with Crippen LogP contribution in [0.2, 0.25) is 0 Å². The van der Waals surface area contributed by atoms with Crippen molar-refractivity contribution in [1.29, 1.82) is 0 Å². The van der Waals surface area contributed by atoms with Gasteiger partial charge in [0.25, 0.3) is 0 Å². The number of methoxy groups -OCH3 is 1. The molecule has 11 heavy (non-hydrogen) atoms. The van der Waals surface area contributed by atoms with Crippen LogP contribution < -0.4 is 11.5 Å². The van der Waals surface area contributed by atoms with Crippen molar-refractivity contribution in [2.75, 3.05) is 13.7 Å². The van der Waals surface area contributed by atoms with Gasteiger partial charge < -0.3 is 26.0 Å². The average Bonchev–Trinajstić information content (AvgIpc) is 2.01. The van der Waals surface area contributed by atoms with Crippen molar-refractivity contribution in [3.8, 4) is 0 Å². The normalized spacial score (nSPS) is 45.8. The fraction of sp³-hybridized carbons (Fsp3) is 1.00. The number of ether oxygens (including phenoxy) is 2. The zero-order valence-electron chi connectivity index (χ0n) is 6.43. The van der Waals surface area contributed by atoms with Gasteiger partial charge in [-0.2, -0.15) is 0 Å². The van der Waals surface area contributed by atoms with Crippen LogP contribution in [0, 0.1) is 0 Å². The zero-order chi connectivity index (χ0) is 8.43. The molecule has 1 fully saturated rings. The summed E-state index contributed by atoms with van der Waals surface area (Å²) >= 11 is 0. The smallest absolute Gasteiger partial charge is 0.174 e. The van der Waals surface area contributed by atoms with Gasteiger partial charge in [-0.05, 0) is 0 Å². The van der Waals surface area contributed by atoms with Gasteiger partial charge >= 0.3 is 0 Å². The highest BCUT2D eigenvalue weighted by Crippen LogP contribution is 2.12. The maximum atomic E-state index is 9.34. The van der Waals surface area contributed by atoms with Gasteiger partial charge in [-0.1, -0.05) is 0 Å². The third-order valence-corrected chi connectivity index (χ3v) is 1.83. The SMILES string of the molecule is CO[C@@H]1OC[C@@H](N)[C@H](O)[C@H]1N. The molecule has 1 aliphatic heterocycles. The fourth-order valence-corrected chi connectivity index (χ4v) is 1.09. The molecule has 0 radical (unpaired) electrons. The molecule has 5 heteroatoms. The fourth-order valence-electron chi connectivity index (χ4n) is 1.09. The lowest BCUT2D eigenvalue weighted by Gasteiger charge is -2.35. The van der Waals surface area contributed by atoms with E-state index in [0.717, 1.165) is 0 Å². The first-order valence-corrected chi connectivity index (χ1v) is 3.50. The molecule has 0 amide bonds. The molecule has 1 aliphatic rings. The minimum absolute atomic E-state index is 0.285. The Morgan fingerprint density at radius 2 is 2.18 bits per heavy atom. The third kappa shape index (κ3) is 1.69. The number of hydrogen-bond donors (Lipinski definition) is 3. The van der Waals surface area contributed by atoms with Crippen LogP contribution in [0.5, 0.6) is 0 Å². The van der Waals surface area contributed by atoms with Crippen molar-refractivity contribution >= 4 is 0 Å². The second kappa shape index (κ2) is 3.46. The Kier molecular flexibility index (Phi) is 2.80. The number of rotatable bonds is 1. The maximum Gasteiger partial charge on any atom is 0.174 e. The molecule has 0 aliphatic carbocycles. The highest BCUT2D eigenvalue weighted by molar-refractivity contribution is 4.87. The molecule has 0 bridgehead atoms. The summed E-state index contributed by atoms with van der Waals surface area (Å²) in [5, 5.41) is 9.34. The molecule has 0 aromatic heterocycles. The minimum atomic E-state index is -0.742. The molecular formula is C6H14N2O3. The molecule has 5 nitrogen and oxygen atoms in total. The first-order chi connectivity index (χ1) is 5.16. The molecule has 0 unspecified atom stereocenters. The zero-order valence-corrected chi connectivity index (χ0v) is 6.43. The summed E-state index contributed by atoms with van der Waals surface area (Å²) in [4.78, 5) is 0. The Balaban J connectivity index is 2.52. The summed E-state index contributed by atoms with van der Waals surface area (Å²) in [5.41, 5.74) is 11.0. The lowest BCUT2D eigenvalue weighted by Crippen LogP contribution is -2.60. The van der Waals surface area contributed by atoms with E-state index in [1.165, 1.54) is 7.11 Å². The molecule has 4 atom stereocenters. The summed E-state index contributed by atoms with van der Waals surface area (Å²) in [6.07, 6.45) is -1.28. The molecular weight excluding hydrogens is 148 g/mol. The molecule has 1 heterocycles. The van der Waals surface area contributed by atoms with E-state index in [2.05, 4.69) is 0 Å². The molecule has 0 aromatic carbocycles. The van der Waals surface area contributed by atoms with Crippen LogP contribution >= 0.6 is 0 Å². The lowest BCUT2D eigenvalue weighted by molar-refractivity contribution is -0.188. The largest absolute Gasteiger partial charge is 0.390 e. The monoisotopic (exact) mass is 162 g/mol. The highest BCUT2D eigenvalue weighted by Gasteiger charge is 2.35. The van der Waals surface area contributed by atoms with Crippen LogP contribution in [0.1, 0.15) is 0 Å². The summed E-state index contributed by atoms with van der Waals surface area (Å²) < 4.78 is 9.95. The van der Waals surface area contributed by atoms with Crippen molar-refractivity contribution < 1.29 is 14.6 Å². The van der Waals surface area contributed by atoms with Gasteiger partial charge in [0, 0.05) is 7.11 Å². The van der Waals surface area contributed by atoms with Crippen LogP contribution in [0.25, 0.3) is 0 Å². The van der Waals surface area contributed by atoms with Crippen LogP contribution in [-0.4, -0.2) is 43.3 Å². The average molecular weight is 162 g/mol. The summed E-state index contributed by atoms with van der Waals surface area (Å²) in [7, 11) is 1.48. The van der Waals surface area contributed by atoms with E-state index in [1.54, 1.807) is 0 Å². The molecule has 1 saturated heterocycles. The van der Waals surface area contributed by atoms with Crippen LogP contribution in [0.15, 0.2) is 0 Å². The molecule has 0 spiro atoms. The maximum absolute atomic E-state index is 9.34. The predicted molar refractivity (Wildman–Crippen MR) is 38.7 cm³/mol. The van der Waals surface area contributed by atoms with Crippen molar-refractivity contribution in [3.05, 3.63) is 0 Å². The van der Waals surface area contributed by atoms with Gasteiger partial charge in [0.05, 0.1) is 24.8 Å². The van der Waals surface area contributed by atoms with E-state index >= 15 is 0 Å². The molecule has 5 N–H and O–H groups in total. The Morgan fingerprint density at radius 3 is 2.73 bits per heavy atom. The predicted octanol–water partition coefficient (Wildman–Crippen LogP) is -2.00. The van der Waals surface area contributed by atoms with Crippen molar-refractivity contribution in [2.24, 2.45) is 11.5 Å². The first-order valence-electron chi connectivity index (χ1n) is 3.50. The second-order valence-corrected chi connectivity index (χ2v) is 2.67. The Bertz CT molecular complexity index is 131. The van der Waals surface area contributed by atoms with Crippen LogP contribution in [-0.2, 0) is 9.47 Å². The van der Waals surface area contributed by atoms with Crippen molar-refractivity contribution in [3.63, 3.8) is 0 Å². The van der Waals surface area contributed by atoms with E-state index in [1.807, 2.05) is 0 Å². The number of aliphatic hydroxyl groups is 1. The van der Waals surface area contributed by atoms with E-state index in [4.69, 9.17) is 20.9 Å². The third-order valence-electron chi connectivity index (χ3n) is 1.83. The molecule has 0 saturated carbocycles. The Hall–Kier alpha value is -0.200. The van der Waals surface area contributed by atoms with Gasteiger partial charge in [0.2, 0.25) is 0 Å². The van der Waals surface area contributed by atoms with Crippen LogP contribution in [0.4, 0.5) is 0 Å². The lowest BCUT2D eigenvalue weighted by atomic mass is 10.0. The molecule has 0 aromatic rings. The molecule has 66 valence electrons. The van der Waals surface area contributed by atoms with Crippen molar-refractivity contribution in [2.45, 2.75) is 24.5 Å². The number of aliphatic hydroxyl groups excluding tert-OH is 1. The summed E-state index contributed by atoms with van der Waals surface area (Å²) in [6, 6.07) is -0.958. The Morgan fingerprint density at radius 1 is 1.55 bits per heavy atom. The second-order valence-electron chi connectivity index (χ2n) is 2.67. The summed E-state index contributed by atoms with van der Waals surface area (Å²) in [5.74, 6) is 0. The standard InChI is InChI=1S/C6H14N2O3/c1-10-6-4(8)5(9)3(7)2-11-6/h3-6,9H,2,7-8H2,1H3/t3-,4-,5+,6-/m1/s1. The van der Waals surface area contributed by atoms with Gasteiger partial charge in [-0.3, -0.25) is 0 Å². The quantitative estimate of drug-likeness (QED) is 0.415. The highest BCUT2D eigenvalue weighted by atomic mass is 16.7. The van der Waals surface area contributed by atoms with E-state index < -0.39 is 24.5 Å². The van der Waals surface area contributed by atoms with Gasteiger partial charge in [-0.15, -0.1) is 0 Å². The van der Waals surface area contributed by atoms with Gasteiger partial charge in [0.1, 0.15) is 0 Å². The van der Waals surface area contributed by atoms with E-state index in [9.17, 15) is 5.11 Å². The molecule has 1 rings (SSSR count). The summed E-state index contributed by atoms with van der Waals surface area (Å²) in [6.45, 7) is 0.285. The minimum Gasteiger partial charge on any atom is -0.390 e. The van der Waals surface area contributed by atoms with Crippen molar-refractivity contribution in [1.82, 2.24) is 0 Å². The van der Waals surface area contributed by atoms with Crippen LogP contribution in [0.3, 0.4) is 0 Å². The number of nitrogens with two attached hydrogens (primary N) is 2. The van der Waals surface area contributed by atoms with Gasteiger partial charge in [-0.25, -0.2) is 0 Å². The first kappa shape index (κ1) is 8.89. The number of hydrogen-bond acceptors (Lipinski definition) is 5. The van der Waals surface area contributed by atoms with Gasteiger partial charge in [0.15, 0.2) is 6.29 Å². The van der Waals surface area contributed by atoms with E-state index in [0.29, 0.717) is 0 Å². The topological polar surface area (TPSA) is 90.7 Å². The van der Waals surface area contributed by atoms with E-state index in [-0.39, 0.29) is 6.61 Å². The Labute approximate surface area is 65.3 Å².